The van der Waals surface area contributed by atoms with E-state index in [1.165, 1.54) is 6.07 Å². The minimum atomic E-state index is -0.376. The van der Waals surface area contributed by atoms with Crippen LogP contribution in [0, 0.1) is 17.3 Å². The monoisotopic (exact) mass is 346 g/mol. The van der Waals surface area contributed by atoms with Gasteiger partial charge in [-0.05, 0) is 44.4 Å². The van der Waals surface area contributed by atoms with Crippen molar-refractivity contribution < 1.29 is 19.7 Å². The van der Waals surface area contributed by atoms with Crippen LogP contribution in [-0.2, 0) is 6.42 Å². The maximum Gasteiger partial charge on any atom is 0.173 e. The zero-order valence-corrected chi connectivity index (χ0v) is 16.0. The second-order valence-electron chi connectivity index (χ2n) is 8.78. The van der Waals surface area contributed by atoms with Gasteiger partial charge in [0.2, 0.25) is 0 Å². The van der Waals surface area contributed by atoms with E-state index in [1.54, 1.807) is 0 Å². The lowest BCUT2D eigenvalue weighted by Gasteiger charge is -2.53. The molecule has 0 radical (unpaired) electrons. The van der Waals surface area contributed by atoms with E-state index >= 15 is 0 Å². The number of carbonyl (C=O) groups is 1. The molecule has 0 amide bonds. The van der Waals surface area contributed by atoms with E-state index in [1.807, 2.05) is 13.8 Å². The molecule has 1 fully saturated rings. The number of hydrogen-bond donors (Lipinski definition) is 2. The number of fused-ring (bicyclic) bond motifs is 2. The molecule has 1 aromatic carbocycles. The van der Waals surface area contributed by atoms with Crippen LogP contribution in [0.25, 0.3) is 0 Å². The lowest BCUT2D eigenvalue weighted by molar-refractivity contribution is -0.0823. The number of benzene rings is 1. The number of hydrogen-bond acceptors (Lipinski definition) is 4. The van der Waals surface area contributed by atoms with Crippen molar-refractivity contribution in [2.24, 2.45) is 17.3 Å². The SMILES string of the molecule is CC[C@@H](C)C(=O)c1c(O)cc(O)c2c1O[C@@]1(C)CCCC(C)(C)[C@@H]1C2. The van der Waals surface area contributed by atoms with E-state index in [0.29, 0.717) is 24.2 Å². The van der Waals surface area contributed by atoms with Gasteiger partial charge in [0.1, 0.15) is 28.4 Å². The summed E-state index contributed by atoms with van der Waals surface area (Å²) in [6.45, 7) is 10.4. The molecular formula is C21H30O4. The van der Waals surface area contributed by atoms with E-state index in [-0.39, 0.29) is 45.7 Å². The first-order chi connectivity index (χ1) is 11.6. The Hall–Kier alpha value is -1.71. The van der Waals surface area contributed by atoms with Crippen molar-refractivity contribution in [3.05, 3.63) is 17.2 Å². The van der Waals surface area contributed by atoms with Gasteiger partial charge in [-0.1, -0.05) is 27.7 Å². The quantitative estimate of drug-likeness (QED) is 0.768. The van der Waals surface area contributed by atoms with E-state index in [0.717, 1.165) is 19.3 Å². The molecule has 3 atom stereocenters. The van der Waals surface area contributed by atoms with Gasteiger partial charge in [-0.25, -0.2) is 0 Å². The Morgan fingerprint density at radius 3 is 2.60 bits per heavy atom. The summed E-state index contributed by atoms with van der Waals surface area (Å²) in [5.41, 5.74) is 0.641. The average molecular weight is 346 g/mol. The van der Waals surface area contributed by atoms with Gasteiger partial charge in [-0.3, -0.25) is 4.79 Å². The fourth-order valence-corrected chi connectivity index (χ4v) is 4.77. The first-order valence-corrected chi connectivity index (χ1v) is 9.41. The predicted octanol–water partition coefficient (Wildman–Crippen LogP) is 4.85. The Balaban J connectivity index is 2.16. The topological polar surface area (TPSA) is 66.8 Å². The molecule has 4 nitrogen and oxygen atoms in total. The molecule has 1 aliphatic carbocycles. The smallest absolute Gasteiger partial charge is 0.173 e. The molecule has 1 aromatic rings. The van der Waals surface area contributed by atoms with Crippen LogP contribution in [0.5, 0.6) is 17.2 Å². The number of phenolic OH excluding ortho intramolecular Hbond substituents is 2. The third kappa shape index (κ3) is 2.80. The maximum atomic E-state index is 12.8. The van der Waals surface area contributed by atoms with Gasteiger partial charge < -0.3 is 14.9 Å². The Bertz CT molecular complexity index is 706. The number of ether oxygens (including phenoxy) is 1. The first-order valence-electron chi connectivity index (χ1n) is 9.41. The normalized spacial score (nSPS) is 28.4. The van der Waals surface area contributed by atoms with Crippen LogP contribution in [0.2, 0.25) is 0 Å². The summed E-state index contributed by atoms with van der Waals surface area (Å²) >= 11 is 0. The largest absolute Gasteiger partial charge is 0.507 e. The number of carbonyl (C=O) groups excluding carboxylic acids is 1. The average Bonchev–Trinajstić information content (AvgIpc) is 2.51. The predicted molar refractivity (Wildman–Crippen MR) is 97.4 cm³/mol. The zero-order valence-electron chi connectivity index (χ0n) is 16.0. The standard InChI is InChI=1S/C21H30O4/c1-6-12(2)18(24)17-15(23)11-14(22)13-10-16-20(3,4)8-7-9-21(16,5)25-19(13)17/h11-12,16,22-23H,6-10H2,1-5H3/t12-,16+,21+/m1/s1. The molecule has 1 saturated carbocycles. The van der Waals surface area contributed by atoms with Crippen molar-refractivity contribution in [2.75, 3.05) is 0 Å². The van der Waals surface area contributed by atoms with Crippen LogP contribution in [0.4, 0.5) is 0 Å². The van der Waals surface area contributed by atoms with Crippen LogP contribution in [0.3, 0.4) is 0 Å². The van der Waals surface area contributed by atoms with Gasteiger partial charge in [-0.2, -0.15) is 0 Å². The van der Waals surface area contributed by atoms with Gasteiger partial charge in [0, 0.05) is 23.5 Å². The summed E-state index contributed by atoms with van der Waals surface area (Å²) < 4.78 is 6.43. The Kier molecular flexibility index (Phi) is 4.29. The molecule has 0 bridgehead atoms. The van der Waals surface area contributed by atoms with Gasteiger partial charge in [0.05, 0.1) is 0 Å². The Morgan fingerprint density at radius 2 is 1.96 bits per heavy atom. The molecule has 3 rings (SSSR count). The molecule has 0 unspecified atom stereocenters. The highest BCUT2D eigenvalue weighted by molar-refractivity contribution is 6.03. The Morgan fingerprint density at radius 1 is 1.28 bits per heavy atom. The van der Waals surface area contributed by atoms with Gasteiger partial charge in [0.25, 0.3) is 0 Å². The second kappa shape index (κ2) is 5.93. The second-order valence-corrected chi connectivity index (χ2v) is 8.78. The number of aromatic hydroxyl groups is 2. The summed E-state index contributed by atoms with van der Waals surface area (Å²) in [7, 11) is 0. The van der Waals surface area contributed by atoms with E-state index < -0.39 is 0 Å². The fourth-order valence-electron chi connectivity index (χ4n) is 4.77. The summed E-state index contributed by atoms with van der Waals surface area (Å²) in [5, 5.41) is 20.8. The molecule has 0 spiro atoms. The van der Waals surface area contributed by atoms with Crippen LogP contribution in [0.15, 0.2) is 6.07 Å². The number of rotatable bonds is 3. The van der Waals surface area contributed by atoms with Crippen molar-refractivity contribution in [1.29, 1.82) is 0 Å². The number of Topliss-reactive ketones (excluding diaryl/α,β-unsaturated/α-hetero) is 1. The maximum absolute atomic E-state index is 12.8. The van der Waals surface area contributed by atoms with E-state index in [2.05, 4.69) is 20.8 Å². The summed E-state index contributed by atoms with van der Waals surface area (Å²) in [5.74, 6) is 0.197. The summed E-state index contributed by atoms with van der Waals surface area (Å²) in [6.07, 6.45) is 4.50. The van der Waals surface area contributed by atoms with Crippen molar-refractivity contribution >= 4 is 5.78 Å². The third-order valence-corrected chi connectivity index (χ3v) is 6.56. The number of phenols is 2. The number of ketones is 1. The summed E-state index contributed by atoms with van der Waals surface area (Å²) in [6, 6.07) is 1.30. The van der Waals surface area contributed by atoms with Crippen LogP contribution in [0.1, 0.15) is 76.2 Å². The molecule has 25 heavy (non-hydrogen) atoms. The molecule has 1 aliphatic heterocycles. The van der Waals surface area contributed by atoms with Gasteiger partial charge in [0.15, 0.2) is 5.78 Å². The van der Waals surface area contributed by atoms with Crippen LogP contribution in [-0.4, -0.2) is 21.6 Å². The minimum Gasteiger partial charge on any atom is -0.507 e. The molecule has 0 aromatic heterocycles. The molecule has 2 aliphatic rings. The van der Waals surface area contributed by atoms with Crippen molar-refractivity contribution in [1.82, 2.24) is 0 Å². The summed E-state index contributed by atoms with van der Waals surface area (Å²) in [4.78, 5) is 12.8. The van der Waals surface area contributed by atoms with Crippen molar-refractivity contribution in [3.63, 3.8) is 0 Å². The molecule has 1 heterocycles. The molecule has 4 heteroatoms. The highest BCUT2D eigenvalue weighted by Gasteiger charge is 2.52. The Labute approximate surface area is 150 Å². The third-order valence-electron chi connectivity index (χ3n) is 6.56. The highest BCUT2D eigenvalue weighted by atomic mass is 16.5. The van der Waals surface area contributed by atoms with E-state index in [4.69, 9.17) is 4.74 Å². The molecular weight excluding hydrogens is 316 g/mol. The fraction of sp³-hybridized carbons (Fsp3) is 0.667. The molecule has 138 valence electrons. The molecule has 2 N–H and O–H groups in total. The van der Waals surface area contributed by atoms with Crippen LogP contribution >= 0.6 is 0 Å². The lowest BCUT2D eigenvalue weighted by Crippen LogP contribution is -2.54. The van der Waals surface area contributed by atoms with Crippen molar-refractivity contribution in [2.45, 2.75) is 72.3 Å². The zero-order chi connectivity index (χ0) is 18.6. The lowest BCUT2D eigenvalue weighted by atomic mass is 9.59. The molecule has 0 saturated heterocycles. The van der Waals surface area contributed by atoms with Gasteiger partial charge in [-0.15, -0.1) is 0 Å². The van der Waals surface area contributed by atoms with Gasteiger partial charge >= 0.3 is 0 Å². The van der Waals surface area contributed by atoms with Crippen LogP contribution < -0.4 is 4.74 Å². The minimum absolute atomic E-state index is 0.0247. The van der Waals surface area contributed by atoms with Crippen molar-refractivity contribution in [3.8, 4) is 17.2 Å². The highest BCUT2D eigenvalue weighted by Crippen LogP contribution is 2.56. The first kappa shape index (κ1) is 18.1. The van der Waals surface area contributed by atoms with E-state index in [9.17, 15) is 15.0 Å².